The molecule has 2 aromatic heterocycles. The van der Waals surface area contributed by atoms with Gasteiger partial charge in [-0.3, -0.25) is 0 Å². The number of fused-ring (bicyclic) bond motifs is 1. The summed E-state index contributed by atoms with van der Waals surface area (Å²) in [5, 5.41) is 10.8. The molecule has 0 unspecified atom stereocenters. The Kier molecular flexibility index (Phi) is 5.50. The molecule has 2 heterocycles. The first-order valence-corrected chi connectivity index (χ1v) is 11.5. The van der Waals surface area contributed by atoms with Crippen molar-refractivity contribution >= 4 is 33.3 Å². The fraction of sp³-hybridized carbons (Fsp3) is 0.0833. The van der Waals surface area contributed by atoms with Gasteiger partial charge in [0.25, 0.3) is 0 Å². The summed E-state index contributed by atoms with van der Waals surface area (Å²) in [5.41, 5.74) is 4.79. The van der Waals surface area contributed by atoms with Crippen LogP contribution in [0.5, 0.6) is 0 Å². The SMILES string of the molecule is c1ccc(-c2nnc(SCCc3nc4ccccc4s3)nc2-c2ccccc2)cc1. The molecule has 0 atom stereocenters. The number of thioether (sulfide) groups is 1. The molecule has 0 N–H and O–H groups in total. The van der Waals surface area contributed by atoms with Crippen molar-refractivity contribution in [1.29, 1.82) is 0 Å². The van der Waals surface area contributed by atoms with Crippen LogP contribution in [-0.2, 0) is 6.42 Å². The Labute approximate surface area is 183 Å². The van der Waals surface area contributed by atoms with E-state index in [-0.39, 0.29) is 0 Å². The smallest absolute Gasteiger partial charge is 0.209 e. The van der Waals surface area contributed by atoms with Crippen LogP contribution in [0.2, 0.25) is 0 Å². The van der Waals surface area contributed by atoms with Crippen LogP contribution < -0.4 is 0 Å². The Morgan fingerprint density at radius 1 is 0.667 bits per heavy atom. The summed E-state index contributed by atoms with van der Waals surface area (Å²) in [6, 6.07) is 28.5. The van der Waals surface area contributed by atoms with Crippen molar-refractivity contribution in [2.75, 3.05) is 5.75 Å². The third-order valence-corrected chi connectivity index (χ3v) is 6.58. The standard InChI is InChI=1S/C24H18N4S2/c1-3-9-17(10-4-1)22-23(18-11-5-2-6-12-18)27-28-24(26-22)29-16-15-21-25-19-13-7-8-14-20(19)30-21/h1-14H,15-16H2. The molecule has 5 rings (SSSR count). The molecule has 0 aliphatic heterocycles. The zero-order valence-electron chi connectivity index (χ0n) is 16.1. The van der Waals surface area contributed by atoms with Crippen molar-refractivity contribution in [2.24, 2.45) is 0 Å². The van der Waals surface area contributed by atoms with E-state index in [1.54, 1.807) is 23.1 Å². The molecule has 0 spiro atoms. The van der Waals surface area contributed by atoms with E-state index in [9.17, 15) is 0 Å². The summed E-state index contributed by atoms with van der Waals surface area (Å²) in [6.07, 6.45) is 0.883. The quantitative estimate of drug-likeness (QED) is 0.305. The molecule has 0 aliphatic carbocycles. The van der Waals surface area contributed by atoms with Gasteiger partial charge in [0.15, 0.2) is 0 Å². The Morgan fingerprint density at radius 2 is 1.33 bits per heavy atom. The summed E-state index contributed by atoms with van der Waals surface area (Å²) in [5.74, 6) is 0.862. The summed E-state index contributed by atoms with van der Waals surface area (Å²) in [6.45, 7) is 0. The van der Waals surface area contributed by atoms with Crippen LogP contribution >= 0.6 is 23.1 Å². The van der Waals surface area contributed by atoms with Gasteiger partial charge in [-0.25, -0.2) is 9.97 Å². The molecular weight excluding hydrogens is 408 g/mol. The topological polar surface area (TPSA) is 51.6 Å². The molecule has 0 amide bonds. The normalized spacial score (nSPS) is 11.1. The summed E-state index contributed by atoms with van der Waals surface area (Å²) < 4.78 is 1.23. The maximum Gasteiger partial charge on any atom is 0.209 e. The molecule has 5 aromatic rings. The Hall–Kier alpha value is -3.09. The average Bonchev–Trinajstić information content (AvgIpc) is 3.23. The lowest BCUT2D eigenvalue weighted by atomic mass is 10.0. The van der Waals surface area contributed by atoms with Gasteiger partial charge in [0.05, 0.1) is 15.2 Å². The van der Waals surface area contributed by atoms with E-state index in [0.717, 1.165) is 45.2 Å². The molecule has 6 heteroatoms. The second-order valence-electron chi connectivity index (χ2n) is 6.70. The lowest BCUT2D eigenvalue weighted by molar-refractivity contribution is 0.849. The molecule has 0 saturated heterocycles. The van der Waals surface area contributed by atoms with Gasteiger partial charge in [-0.2, -0.15) is 0 Å². The number of thiazole rings is 1. The highest BCUT2D eigenvalue weighted by Gasteiger charge is 2.14. The fourth-order valence-electron chi connectivity index (χ4n) is 3.22. The Bertz CT molecular complexity index is 1240. The van der Waals surface area contributed by atoms with E-state index in [1.165, 1.54) is 4.70 Å². The molecule has 30 heavy (non-hydrogen) atoms. The fourth-order valence-corrected chi connectivity index (χ4v) is 5.04. The van der Waals surface area contributed by atoms with Crippen LogP contribution in [0.4, 0.5) is 0 Å². The number of hydrogen-bond acceptors (Lipinski definition) is 6. The van der Waals surface area contributed by atoms with Gasteiger partial charge >= 0.3 is 0 Å². The van der Waals surface area contributed by atoms with E-state index >= 15 is 0 Å². The van der Waals surface area contributed by atoms with Crippen molar-refractivity contribution in [2.45, 2.75) is 11.6 Å². The molecular formula is C24H18N4S2. The van der Waals surface area contributed by atoms with Crippen LogP contribution in [-0.4, -0.2) is 25.9 Å². The zero-order chi connectivity index (χ0) is 20.2. The van der Waals surface area contributed by atoms with Crippen LogP contribution in [0.15, 0.2) is 90.1 Å². The highest BCUT2D eigenvalue weighted by molar-refractivity contribution is 7.99. The van der Waals surface area contributed by atoms with E-state index in [4.69, 9.17) is 9.97 Å². The predicted octanol–water partition coefficient (Wildman–Crippen LogP) is 6.15. The van der Waals surface area contributed by atoms with Crippen molar-refractivity contribution < 1.29 is 0 Å². The highest BCUT2D eigenvalue weighted by Crippen LogP contribution is 2.30. The first-order chi connectivity index (χ1) is 14.9. The summed E-state index contributed by atoms with van der Waals surface area (Å²) in [4.78, 5) is 9.58. The predicted molar refractivity (Wildman–Crippen MR) is 125 cm³/mol. The average molecular weight is 427 g/mol. The largest absolute Gasteiger partial charge is 0.241 e. The lowest BCUT2D eigenvalue weighted by Gasteiger charge is -2.09. The van der Waals surface area contributed by atoms with Gasteiger partial charge in [-0.15, -0.1) is 21.5 Å². The zero-order valence-corrected chi connectivity index (χ0v) is 17.7. The minimum absolute atomic E-state index is 0.689. The second kappa shape index (κ2) is 8.73. The first kappa shape index (κ1) is 18.9. The van der Waals surface area contributed by atoms with Crippen LogP contribution in [0.1, 0.15) is 5.01 Å². The number of rotatable bonds is 6. The van der Waals surface area contributed by atoms with Gasteiger partial charge < -0.3 is 0 Å². The lowest BCUT2D eigenvalue weighted by Crippen LogP contribution is -2.00. The van der Waals surface area contributed by atoms with E-state index in [2.05, 4.69) is 40.5 Å². The molecule has 4 nitrogen and oxygen atoms in total. The van der Waals surface area contributed by atoms with Gasteiger partial charge in [0, 0.05) is 23.3 Å². The highest BCUT2D eigenvalue weighted by atomic mass is 32.2. The summed E-state index contributed by atoms with van der Waals surface area (Å²) >= 11 is 3.37. The Morgan fingerprint density at radius 3 is 2.07 bits per heavy atom. The van der Waals surface area contributed by atoms with Crippen molar-refractivity contribution in [3.05, 3.63) is 89.9 Å². The monoisotopic (exact) mass is 426 g/mol. The minimum Gasteiger partial charge on any atom is -0.241 e. The number of aromatic nitrogens is 4. The number of aryl methyl sites for hydroxylation is 1. The number of nitrogens with zero attached hydrogens (tertiary/aromatic N) is 4. The first-order valence-electron chi connectivity index (χ1n) is 9.69. The molecule has 0 saturated carbocycles. The van der Waals surface area contributed by atoms with Crippen molar-refractivity contribution in [3.8, 4) is 22.5 Å². The number of hydrogen-bond donors (Lipinski definition) is 0. The van der Waals surface area contributed by atoms with E-state index < -0.39 is 0 Å². The molecule has 0 radical (unpaired) electrons. The van der Waals surface area contributed by atoms with Gasteiger partial charge in [-0.05, 0) is 12.1 Å². The molecule has 0 bridgehead atoms. The maximum atomic E-state index is 4.87. The van der Waals surface area contributed by atoms with Crippen molar-refractivity contribution in [1.82, 2.24) is 20.2 Å². The molecule has 3 aromatic carbocycles. The molecule has 0 aliphatic rings. The minimum atomic E-state index is 0.689. The maximum absolute atomic E-state index is 4.87. The van der Waals surface area contributed by atoms with Gasteiger partial charge in [-0.1, -0.05) is 84.6 Å². The van der Waals surface area contributed by atoms with Crippen LogP contribution in [0, 0.1) is 0 Å². The second-order valence-corrected chi connectivity index (χ2v) is 8.87. The van der Waals surface area contributed by atoms with Gasteiger partial charge in [0.2, 0.25) is 5.16 Å². The number of benzene rings is 3. The van der Waals surface area contributed by atoms with E-state index in [1.807, 2.05) is 54.6 Å². The Balaban J connectivity index is 1.39. The third-order valence-electron chi connectivity index (χ3n) is 4.65. The van der Waals surface area contributed by atoms with Crippen molar-refractivity contribution in [3.63, 3.8) is 0 Å². The number of para-hydroxylation sites is 1. The molecule has 0 fully saturated rings. The van der Waals surface area contributed by atoms with E-state index in [0.29, 0.717) is 5.16 Å². The molecule has 146 valence electrons. The van der Waals surface area contributed by atoms with Gasteiger partial charge in [0.1, 0.15) is 11.4 Å². The van der Waals surface area contributed by atoms with Crippen LogP contribution in [0.25, 0.3) is 32.7 Å². The van der Waals surface area contributed by atoms with Crippen LogP contribution in [0.3, 0.4) is 0 Å². The summed E-state index contributed by atoms with van der Waals surface area (Å²) in [7, 11) is 0. The third kappa shape index (κ3) is 4.10.